The van der Waals surface area contributed by atoms with Crippen molar-refractivity contribution in [3.8, 4) is 0 Å². The standard InChI is InChI=1S/C13H26N2O2/c1-5-17-9-10(2)15-12(16)11-13(3,4)7-6-8-14-11/h10-11,14H,5-9H2,1-4H3,(H,15,16). The zero-order valence-electron chi connectivity index (χ0n) is 11.5. The number of carbonyl (C=O) groups excluding carboxylic acids is 1. The Kier molecular flexibility index (Phi) is 5.40. The van der Waals surface area contributed by atoms with Crippen LogP contribution >= 0.6 is 0 Å². The van der Waals surface area contributed by atoms with E-state index in [1.807, 2.05) is 13.8 Å². The molecule has 0 bridgehead atoms. The molecule has 0 aliphatic carbocycles. The number of carbonyl (C=O) groups is 1. The summed E-state index contributed by atoms with van der Waals surface area (Å²) in [5.41, 5.74) is 0.0354. The highest BCUT2D eigenvalue weighted by molar-refractivity contribution is 5.83. The van der Waals surface area contributed by atoms with Gasteiger partial charge < -0.3 is 15.4 Å². The van der Waals surface area contributed by atoms with E-state index in [9.17, 15) is 4.79 Å². The van der Waals surface area contributed by atoms with Crippen molar-refractivity contribution in [3.05, 3.63) is 0 Å². The molecule has 1 saturated heterocycles. The molecule has 2 N–H and O–H groups in total. The van der Waals surface area contributed by atoms with Gasteiger partial charge in [-0.2, -0.15) is 0 Å². The average molecular weight is 242 g/mol. The number of hydrogen-bond donors (Lipinski definition) is 2. The van der Waals surface area contributed by atoms with E-state index in [0.717, 1.165) is 19.4 Å². The second-order valence-electron chi connectivity index (χ2n) is 5.55. The van der Waals surface area contributed by atoms with Crippen LogP contribution in [0.3, 0.4) is 0 Å². The fourth-order valence-corrected chi connectivity index (χ4v) is 2.32. The lowest BCUT2D eigenvalue weighted by molar-refractivity contribution is -0.127. The minimum absolute atomic E-state index is 0.0354. The van der Waals surface area contributed by atoms with E-state index < -0.39 is 0 Å². The number of hydrogen-bond acceptors (Lipinski definition) is 3. The molecule has 1 aliphatic heterocycles. The first-order valence-corrected chi connectivity index (χ1v) is 6.59. The Morgan fingerprint density at radius 3 is 2.88 bits per heavy atom. The Labute approximate surface area is 104 Å². The molecule has 100 valence electrons. The predicted octanol–water partition coefficient (Wildman–Crippen LogP) is 1.31. The molecular formula is C13H26N2O2. The third-order valence-corrected chi connectivity index (χ3v) is 3.35. The Hall–Kier alpha value is -0.610. The summed E-state index contributed by atoms with van der Waals surface area (Å²) in [6.45, 7) is 10.4. The maximum absolute atomic E-state index is 12.2. The fourth-order valence-electron chi connectivity index (χ4n) is 2.32. The fraction of sp³-hybridized carbons (Fsp3) is 0.923. The molecule has 0 aromatic carbocycles. The van der Waals surface area contributed by atoms with E-state index >= 15 is 0 Å². The quantitative estimate of drug-likeness (QED) is 0.764. The molecule has 1 fully saturated rings. The molecule has 1 amide bonds. The number of amides is 1. The zero-order valence-corrected chi connectivity index (χ0v) is 11.5. The molecule has 4 nitrogen and oxygen atoms in total. The summed E-state index contributed by atoms with van der Waals surface area (Å²) in [4.78, 5) is 12.2. The molecule has 1 rings (SSSR count). The minimum atomic E-state index is -0.0830. The molecule has 0 aromatic rings. The lowest BCUT2D eigenvalue weighted by atomic mass is 9.77. The van der Waals surface area contributed by atoms with Crippen molar-refractivity contribution in [2.24, 2.45) is 5.41 Å². The second-order valence-corrected chi connectivity index (χ2v) is 5.55. The van der Waals surface area contributed by atoms with Crippen molar-refractivity contribution in [3.63, 3.8) is 0 Å². The van der Waals surface area contributed by atoms with Crippen LogP contribution < -0.4 is 10.6 Å². The van der Waals surface area contributed by atoms with Crippen molar-refractivity contribution in [2.45, 2.75) is 52.6 Å². The van der Waals surface area contributed by atoms with Gasteiger partial charge in [0.25, 0.3) is 0 Å². The van der Waals surface area contributed by atoms with Crippen LogP contribution in [-0.2, 0) is 9.53 Å². The van der Waals surface area contributed by atoms with Gasteiger partial charge in [0, 0.05) is 12.6 Å². The number of piperidine rings is 1. The van der Waals surface area contributed by atoms with Gasteiger partial charge in [0.2, 0.25) is 5.91 Å². The van der Waals surface area contributed by atoms with Crippen LogP contribution in [0.4, 0.5) is 0 Å². The van der Waals surface area contributed by atoms with Gasteiger partial charge in [0.05, 0.1) is 12.6 Å². The molecule has 4 heteroatoms. The first-order chi connectivity index (χ1) is 7.97. The SMILES string of the molecule is CCOCC(C)NC(=O)C1NCCCC1(C)C. The van der Waals surface area contributed by atoms with Crippen LogP contribution in [0.15, 0.2) is 0 Å². The van der Waals surface area contributed by atoms with E-state index in [2.05, 4.69) is 24.5 Å². The third-order valence-electron chi connectivity index (χ3n) is 3.35. The molecule has 17 heavy (non-hydrogen) atoms. The first kappa shape index (κ1) is 14.5. The van der Waals surface area contributed by atoms with Crippen molar-refractivity contribution < 1.29 is 9.53 Å². The highest BCUT2D eigenvalue weighted by atomic mass is 16.5. The van der Waals surface area contributed by atoms with Crippen LogP contribution in [0.5, 0.6) is 0 Å². The van der Waals surface area contributed by atoms with Gasteiger partial charge in [-0.3, -0.25) is 4.79 Å². The number of rotatable bonds is 5. The van der Waals surface area contributed by atoms with Crippen LogP contribution in [0.2, 0.25) is 0 Å². The van der Waals surface area contributed by atoms with Gasteiger partial charge in [0.15, 0.2) is 0 Å². The van der Waals surface area contributed by atoms with Crippen molar-refractivity contribution >= 4 is 5.91 Å². The Balaban J connectivity index is 2.45. The molecule has 0 aromatic heterocycles. The molecule has 0 saturated carbocycles. The maximum Gasteiger partial charge on any atom is 0.237 e. The predicted molar refractivity (Wildman–Crippen MR) is 68.9 cm³/mol. The lowest BCUT2D eigenvalue weighted by Gasteiger charge is -2.38. The lowest BCUT2D eigenvalue weighted by Crippen LogP contribution is -2.57. The highest BCUT2D eigenvalue weighted by Crippen LogP contribution is 2.30. The van der Waals surface area contributed by atoms with Gasteiger partial charge in [-0.25, -0.2) is 0 Å². The van der Waals surface area contributed by atoms with Gasteiger partial charge in [-0.1, -0.05) is 13.8 Å². The summed E-state index contributed by atoms with van der Waals surface area (Å²) in [6, 6.07) is -0.0118. The van der Waals surface area contributed by atoms with Gasteiger partial charge in [0.1, 0.15) is 0 Å². The topological polar surface area (TPSA) is 50.4 Å². The normalized spacial score (nSPS) is 25.3. The molecular weight excluding hydrogens is 216 g/mol. The summed E-state index contributed by atoms with van der Waals surface area (Å²) in [6.07, 6.45) is 2.24. The summed E-state index contributed by atoms with van der Waals surface area (Å²) in [5, 5.41) is 6.33. The molecule has 1 heterocycles. The monoisotopic (exact) mass is 242 g/mol. The van der Waals surface area contributed by atoms with Crippen molar-refractivity contribution in [1.82, 2.24) is 10.6 Å². The Morgan fingerprint density at radius 1 is 1.59 bits per heavy atom. The summed E-state index contributed by atoms with van der Waals surface area (Å²) >= 11 is 0. The summed E-state index contributed by atoms with van der Waals surface area (Å²) < 4.78 is 5.30. The number of nitrogens with one attached hydrogen (secondary N) is 2. The summed E-state index contributed by atoms with van der Waals surface area (Å²) in [7, 11) is 0. The van der Waals surface area contributed by atoms with Gasteiger partial charge >= 0.3 is 0 Å². The van der Waals surface area contributed by atoms with Crippen LogP contribution in [0.1, 0.15) is 40.5 Å². The third kappa shape index (κ3) is 4.28. The number of ether oxygens (including phenoxy) is 1. The first-order valence-electron chi connectivity index (χ1n) is 6.59. The maximum atomic E-state index is 12.2. The highest BCUT2D eigenvalue weighted by Gasteiger charge is 2.37. The van der Waals surface area contributed by atoms with E-state index in [0.29, 0.717) is 13.2 Å². The summed E-state index contributed by atoms with van der Waals surface area (Å²) in [5.74, 6) is 0.0990. The average Bonchev–Trinajstić information content (AvgIpc) is 2.25. The van der Waals surface area contributed by atoms with Crippen LogP contribution in [-0.4, -0.2) is 37.7 Å². The van der Waals surface area contributed by atoms with E-state index in [-0.39, 0.29) is 23.4 Å². The van der Waals surface area contributed by atoms with Gasteiger partial charge in [-0.15, -0.1) is 0 Å². The molecule has 1 aliphatic rings. The molecule has 0 radical (unpaired) electrons. The molecule has 2 unspecified atom stereocenters. The van der Waals surface area contributed by atoms with Gasteiger partial charge in [-0.05, 0) is 38.6 Å². The van der Waals surface area contributed by atoms with E-state index in [1.54, 1.807) is 0 Å². The smallest absolute Gasteiger partial charge is 0.237 e. The second kappa shape index (κ2) is 6.36. The van der Waals surface area contributed by atoms with Crippen LogP contribution in [0, 0.1) is 5.41 Å². The molecule has 2 atom stereocenters. The van der Waals surface area contributed by atoms with E-state index in [1.165, 1.54) is 0 Å². The van der Waals surface area contributed by atoms with Crippen molar-refractivity contribution in [1.29, 1.82) is 0 Å². The van der Waals surface area contributed by atoms with Crippen molar-refractivity contribution in [2.75, 3.05) is 19.8 Å². The van der Waals surface area contributed by atoms with E-state index in [4.69, 9.17) is 4.74 Å². The minimum Gasteiger partial charge on any atom is -0.380 e. The largest absolute Gasteiger partial charge is 0.380 e. The Morgan fingerprint density at radius 2 is 2.29 bits per heavy atom. The molecule has 0 spiro atoms. The Bertz CT molecular complexity index is 254. The zero-order chi connectivity index (χ0) is 12.9. The van der Waals surface area contributed by atoms with Crippen LogP contribution in [0.25, 0.3) is 0 Å².